The largest absolute Gasteiger partial charge is 0.460 e. The lowest BCUT2D eigenvalue weighted by molar-refractivity contribution is -0.152. The Kier molecular flexibility index (Phi) is 6.58. The van der Waals surface area contributed by atoms with Crippen LogP contribution >= 0.6 is 0 Å². The van der Waals surface area contributed by atoms with Crippen molar-refractivity contribution in [1.29, 1.82) is 0 Å². The van der Waals surface area contributed by atoms with Gasteiger partial charge >= 0.3 is 5.97 Å². The SMILES string of the molecule is O=CC1CN([C@H](CC2CCC2)C(=O)OCc2ccccc2)CC1c1cccc(F)c1. The zero-order chi connectivity index (χ0) is 20.9. The summed E-state index contributed by atoms with van der Waals surface area (Å²) < 4.78 is 19.4. The first kappa shape index (κ1) is 20.7. The molecule has 1 aliphatic heterocycles. The number of carbonyl (C=O) groups excluding carboxylic acids is 2. The molecule has 3 atom stereocenters. The van der Waals surface area contributed by atoms with Crippen LogP contribution in [0.1, 0.15) is 42.7 Å². The fraction of sp³-hybridized carbons (Fsp3) is 0.440. The van der Waals surface area contributed by atoms with Crippen LogP contribution in [-0.2, 0) is 20.9 Å². The Morgan fingerprint density at radius 1 is 1.13 bits per heavy atom. The second-order valence-electron chi connectivity index (χ2n) is 8.56. The lowest BCUT2D eigenvalue weighted by Crippen LogP contribution is -2.43. The van der Waals surface area contributed by atoms with Gasteiger partial charge in [-0.3, -0.25) is 9.69 Å². The normalized spacial score (nSPS) is 23.0. The van der Waals surface area contributed by atoms with Gasteiger partial charge in [-0.15, -0.1) is 0 Å². The molecule has 158 valence electrons. The van der Waals surface area contributed by atoms with Crippen LogP contribution in [-0.4, -0.2) is 36.3 Å². The van der Waals surface area contributed by atoms with Crippen molar-refractivity contribution in [2.45, 2.75) is 44.2 Å². The maximum Gasteiger partial charge on any atom is 0.323 e. The van der Waals surface area contributed by atoms with Crippen molar-refractivity contribution in [1.82, 2.24) is 4.90 Å². The van der Waals surface area contributed by atoms with Gasteiger partial charge in [0.05, 0.1) is 0 Å². The zero-order valence-electron chi connectivity index (χ0n) is 17.1. The first-order chi connectivity index (χ1) is 14.6. The summed E-state index contributed by atoms with van der Waals surface area (Å²) in [7, 11) is 0. The molecule has 4 nitrogen and oxygen atoms in total. The van der Waals surface area contributed by atoms with Crippen LogP contribution in [0.25, 0.3) is 0 Å². The van der Waals surface area contributed by atoms with Gasteiger partial charge in [-0.05, 0) is 35.6 Å². The first-order valence-electron chi connectivity index (χ1n) is 10.8. The molecule has 4 rings (SSSR count). The average molecular weight is 410 g/mol. The summed E-state index contributed by atoms with van der Waals surface area (Å²) >= 11 is 0. The second kappa shape index (κ2) is 9.52. The molecular weight excluding hydrogens is 381 g/mol. The Hall–Kier alpha value is -2.53. The summed E-state index contributed by atoms with van der Waals surface area (Å²) in [6.45, 7) is 1.31. The van der Waals surface area contributed by atoms with E-state index in [1.807, 2.05) is 36.4 Å². The average Bonchev–Trinajstić information content (AvgIpc) is 3.16. The monoisotopic (exact) mass is 409 g/mol. The number of rotatable bonds is 8. The fourth-order valence-corrected chi connectivity index (χ4v) is 4.61. The number of hydrogen-bond donors (Lipinski definition) is 0. The Bertz CT molecular complexity index is 868. The minimum absolute atomic E-state index is 0.107. The molecule has 2 aliphatic rings. The van der Waals surface area contributed by atoms with E-state index in [4.69, 9.17) is 4.74 Å². The van der Waals surface area contributed by atoms with Crippen LogP contribution in [0.5, 0.6) is 0 Å². The molecule has 0 spiro atoms. The van der Waals surface area contributed by atoms with Crippen molar-refractivity contribution < 1.29 is 18.7 Å². The van der Waals surface area contributed by atoms with Gasteiger partial charge < -0.3 is 9.53 Å². The molecule has 2 aromatic rings. The van der Waals surface area contributed by atoms with Crippen molar-refractivity contribution >= 4 is 12.3 Å². The molecule has 0 N–H and O–H groups in total. The molecule has 1 heterocycles. The third-order valence-corrected chi connectivity index (χ3v) is 6.56. The number of carbonyl (C=O) groups is 2. The Balaban J connectivity index is 1.48. The van der Waals surface area contributed by atoms with E-state index in [1.165, 1.54) is 18.6 Å². The summed E-state index contributed by atoms with van der Waals surface area (Å²) in [5, 5.41) is 0. The first-order valence-corrected chi connectivity index (χ1v) is 10.8. The topological polar surface area (TPSA) is 46.6 Å². The van der Waals surface area contributed by atoms with Gasteiger partial charge in [-0.1, -0.05) is 61.7 Å². The quantitative estimate of drug-likeness (QED) is 0.481. The number of halogens is 1. The summed E-state index contributed by atoms with van der Waals surface area (Å²) in [4.78, 5) is 26.9. The Morgan fingerprint density at radius 3 is 2.60 bits per heavy atom. The maximum atomic E-state index is 13.7. The molecule has 0 radical (unpaired) electrons. The highest BCUT2D eigenvalue weighted by atomic mass is 19.1. The predicted octanol–water partition coefficient (Wildman–Crippen LogP) is 4.34. The Labute approximate surface area is 177 Å². The van der Waals surface area contributed by atoms with Crippen LogP contribution in [0.4, 0.5) is 4.39 Å². The highest BCUT2D eigenvalue weighted by molar-refractivity contribution is 5.76. The number of benzene rings is 2. The lowest BCUT2D eigenvalue weighted by atomic mass is 9.80. The number of nitrogens with zero attached hydrogens (tertiary/aromatic N) is 1. The molecule has 1 saturated carbocycles. The van der Waals surface area contributed by atoms with Gasteiger partial charge in [0.15, 0.2) is 0 Å². The van der Waals surface area contributed by atoms with Crippen LogP contribution in [0.2, 0.25) is 0 Å². The molecule has 1 saturated heterocycles. The molecule has 1 aliphatic carbocycles. The number of ether oxygens (including phenoxy) is 1. The highest BCUT2D eigenvalue weighted by Crippen LogP contribution is 2.37. The van der Waals surface area contributed by atoms with Crippen molar-refractivity contribution in [2.24, 2.45) is 11.8 Å². The minimum atomic E-state index is -0.361. The molecule has 2 fully saturated rings. The third-order valence-electron chi connectivity index (χ3n) is 6.56. The van der Waals surface area contributed by atoms with Crippen LogP contribution in [0.15, 0.2) is 54.6 Å². The van der Waals surface area contributed by atoms with Crippen LogP contribution in [0, 0.1) is 17.7 Å². The number of hydrogen-bond acceptors (Lipinski definition) is 4. The minimum Gasteiger partial charge on any atom is -0.460 e. The van der Waals surface area contributed by atoms with Gasteiger partial charge in [-0.25, -0.2) is 4.39 Å². The van der Waals surface area contributed by atoms with Gasteiger partial charge in [0.2, 0.25) is 0 Å². The predicted molar refractivity (Wildman–Crippen MR) is 112 cm³/mol. The number of aldehydes is 1. The van der Waals surface area contributed by atoms with Gasteiger partial charge in [0, 0.05) is 24.9 Å². The van der Waals surface area contributed by atoms with E-state index in [9.17, 15) is 14.0 Å². The van der Waals surface area contributed by atoms with Crippen molar-refractivity contribution in [3.63, 3.8) is 0 Å². The van der Waals surface area contributed by atoms with Gasteiger partial charge in [-0.2, -0.15) is 0 Å². The van der Waals surface area contributed by atoms with Gasteiger partial charge in [0.1, 0.15) is 24.8 Å². The molecule has 2 aromatic carbocycles. The molecule has 2 unspecified atom stereocenters. The lowest BCUT2D eigenvalue weighted by Gasteiger charge is -2.33. The number of likely N-dealkylation sites (tertiary alicyclic amines) is 1. The smallest absolute Gasteiger partial charge is 0.323 e. The standard InChI is InChI=1S/C25H28FNO3/c26-22-11-5-10-20(13-22)23-15-27(14-21(23)16-28)24(12-18-8-4-9-18)25(29)30-17-19-6-2-1-3-7-19/h1-3,5-7,10-11,13,16,18,21,23-24H,4,8-9,12,14-15,17H2/t21?,23?,24-/m1/s1. The highest BCUT2D eigenvalue weighted by Gasteiger charge is 2.41. The fourth-order valence-electron chi connectivity index (χ4n) is 4.61. The summed E-state index contributed by atoms with van der Waals surface area (Å²) in [6.07, 6.45) is 5.20. The molecule has 30 heavy (non-hydrogen) atoms. The molecular formula is C25H28FNO3. The van der Waals surface area contributed by atoms with E-state index in [-0.39, 0.29) is 36.3 Å². The molecule has 0 aromatic heterocycles. The zero-order valence-corrected chi connectivity index (χ0v) is 17.1. The van der Waals surface area contributed by atoms with E-state index in [0.717, 1.165) is 36.7 Å². The van der Waals surface area contributed by atoms with Crippen molar-refractivity contribution in [2.75, 3.05) is 13.1 Å². The van der Waals surface area contributed by atoms with E-state index >= 15 is 0 Å². The van der Waals surface area contributed by atoms with E-state index in [2.05, 4.69) is 4.90 Å². The van der Waals surface area contributed by atoms with Crippen LogP contribution < -0.4 is 0 Å². The Morgan fingerprint density at radius 2 is 1.93 bits per heavy atom. The maximum absolute atomic E-state index is 13.7. The molecule has 5 heteroatoms. The molecule has 0 amide bonds. The number of esters is 1. The second-order valence-corrected chi connectivity index (χ2v) is 8.56. The third kappa shape index (κ3) is 4.78. The van der Waals surface area contributed by atoms with E-state index < -0.39 is 0 Å². The summed E-state index contributed by atoms with van der Waals surface area (Å²) in [5.41, 5.74) is 1.77. The van der Waals surface area contributed by atoms with Crippen molar-refractivity contribution in [3.05, 3.63) is 71.5 Å². The van der Waals surface area contributed by atoms with E-state index in [0.29, 0.717) is 19.0 Å². The summed E-state index contributed by atoms with van der Waals surface area (Å²) in [5.74, 6) is -0.358. The van der Waals surface area contributed by atoms with Crippen LogP contribution in [0.3, 0.4) is 0 Å². The van der Waals surface area contributed by atoms with Crippen molar-refractivity contribution in [3.8, 4) is 0 Å². The van der Waals surface area contributed by atoms with Gasteiger partial charge in [0.25, 0.3) is 0 Å². The van der Waals surface area contributed by atoms with E-state index in [1.54, 1.807) is 6.07 Å². The summed E-state index contributed by atoms with van der Waals surface area (Å²) in [6, 6.07) is 15.7. The molecule has 0 bridgehead atoms.